The lowest BCUT2D eigenvalue weighted by atomic mass is 10.0. The van der Waals surface area contributed by atoms with E-state index in [2.05, 4.69) is 20.9 Å². The van der Waals surface area contributed by atoms with Gasteiger partial charge in [-0.2, -0.15) is 5.26 Å². The SMILES string of the molecule is COc1ccc2c(-n3cnc(C)c3)nc(C#N)c(N3CCC3)c2c1. The fraction of sp³-hybridized carbons (Fsp3) is 0.278. The van der Waals surface area contributed by atoms with Crippen molar-refractivity contribution in [3.8, 4) is 17.6 Å². The van der Waals surface area contributed by atoms with E-state index in [1.807, 2.05) is 35.9 Å². The van der Waals surface area contributed by atoms with Crippen LogP contribution >= 0.6 is 0 Å². The molecule has 1 aromatic carbocycles. The number of imidazole rings is 1. The van der Waals surface area contributed by atoms with Crippen molar-refractivity contribution >= 4 is 16.5 Å². The fourth-order valence-electron chi connectivity index (χ4n) is 3.06. The van der Waals surface area contributed by atoms with Gasteiger partial charge in [-0.25, -0.2) is 9.97 Å². The first kappa shape index (κ1) is 14.5. The Labute approximate surface area is 139 Å². The van der Waals surface area contributed by atoms with Crippen LogP contribution in [0, 0.1) is 18.3 Å². The average molecular weight is 319 g/mol. The number of hydrogen-bond acceptors (Lipinski definition) is 5. The number of ether oxygens (including phenoxy) is 1. The summed E-state index contributed by atoms with van der Waals surface area (Å²) in [6, 6.07) is 8.17. The first-order valence-electron chi connectivity index (χ1n) is 7.89. The maximum atomic E-state index is 9.65. The lowest BCUT2D eigenvalue weighted by Gasteiger charge is -2.34. The third kappa shape index (κ3) is 2.17. The van der Waals surface area contributed by atoms with Gasteiger partial charge in [0.2, 0.25) is 0 Å². The van der Waals surface area contributed by atoms with Gasteiger partial charge in [-0.1, -0.05) is 0 Å². The molecule has 120 valence electrons. The molecule has 0 aliphatic carbocycles. The first-order valence-corrected chi connectivity index (χ1v) is 7.89. The summed E-state index contributed by atoms with van der Waals surface area (Å²) in [6.07, 6.45) is 4.78. The molecule has 0 bridgehead atoms. The van der Waals surface area contributed by atoms with Crippen LogP contribution < -0.4 is 9.64 Å². The molecule has 1 fully saturated rings. The second kappa shape index (κ2) is 5.53. The molecule has 3 aromatic rings. The van der Waals surface area contributed by atoms with Crippen molar-refractivity contribution in [2.45, 2.75) is 13.3 Å². The highest BCUT2D eigenvalue weighted by Gasteiger charge is 2.24. The molecule has 0 radical (unpaired) electrons. The molecule has 6 heteroatoms. The van der Waals surface area contributed by atoms with Gasteiger partial charge in [-0.05, 0) is 31.5 Å². The number of pyridine rings is 1. The minimum absolute atomic E-state index is 0.441. The highest BCUT2D eigenvalue weighted by atomic mass is 16.5. The Morgan fingerprint density at radius 3 is 2.67 bits per heavy atom. The summed E-state index contributed by atoms with van der Waals surface area (Å²) in [6.45, 7) is 3.83. The van der Waals surface area contributed by atoms with Gasteiger partial charge in [-0.3, -0.25) is 4.57 Å². The van der Waals surface area contributed by atoms with Crippen molar-refractivity contribution in [1.82, 2.24) is 14.5 Å². The maximum absolute atomic E-state index is 9.65. The zero-order valence-corrected chi connectivity index (χ0v) is 13.7. The van der Waals surface area contributed by atoms with E-state index < -0.39 is 0 Å². The number of nitrogens with zero attached hydrogens (tertiary/aromatic N) is 5. The average Bonchev–Trinajstić information content (AvgIpc) is 2.99. The molecule has 0 atom stereocenters. The van der Waals surface area contributed by atoms with Gasteiger partial charge < -0.3 is 9.64 Å². The van der Waals surface area contributed by atoms with Crippen LogP contribution in [0.2, 0.25) is 0 Å². The van der Waals surface area contributed by atoms with Crippen LogP contribution in [0.15, 0.2) is 30.7 Å². The predicted molar refractivity (Wildman–Crippen MR) is 91.7 cm³/mol. The van der Waals surface area contributed by atoms with Gasteiger partial charge in [0.05, 0.1) is 18.5 Å². The van der Waals surface area contributed by atoms with Gasteiger partial charge >= 0.3 is 0 Å². The van der Waals surface area contributed by atoms with Gasteiger partial charge in [-0.15, -0.1) is 0 Å². The zero-order valence-electron chi connectivity index (χ0n) is 13.7. The molecule has 0 N–H and O–H groups in total. The van der Waals surface area contributed by atoms with Crippen molar-refractivity contribution in [1.29, 1.82) is 5.26 Å². The van der Waals surface area contributed by atoms with E-state index in [4.69, 9.17) is 4.74 Å². The Morgan fingerprint density at radius 1 is 1.25 bits per heavy atom. The maximum Gasteiger partial charge on any atom is 0.166 e. The smallest absolute Gasteiger partial charge is 0.166 e. The number of aromatic nitrogens is 3. The van der Waals surface area contributed by atoms with Crippen molar-refractivity contribution in [3.63, 3.8) is 0 Å². The van der Waals surface area contributed by atoms with E-state index in [0.717, 1.165) is 47.4 Å². The standard InChI is InChI=1S/C18H17N5O/c1-12-10-23(11-20-12)18-14-5-4-13(24-2)8-15(14)17(16(9-19)21-18)22-6-3-7-22/h4-5,8,10-11H,3,6-7H2,1-2H3. The van der Waals surface area contributed by atoms with Crippen LogP contribution in [0.3, 0.4) is 0 Å². The quantitative estimate of drug-likeness (QED) is 0.742. The van der Waals surface area contributed by atoms with E-state index in [-0.39, 0.29) is 0 Å². The lowest BCUT2D eigenvalue weighted by Crippen LogP contribution is -2.38. The van der Waals surface area contributed by atoms with Crippen LogP contribution in [0.25, 0.3) is 16.6 Å². The van der Waals surface area contributed by atoms with Gasteiger partial charge in [0.25, 0.3) is 0 Å². The number of aryl methyl sites for hydroxylation is 1. The fourth-order valence-corrected chi connectivity index (χ4v) is 3.06. The van der Waals surface area contributed by atoms with E-state index >= 15 is 0 Å². The van der Waals surface area contributed by atoms with E-state index in [1.165, 1.54) is 0 Å². The molecule has 4 rings (SSSR count). The molecule has 0 unspecified atom stereocenters. The Hall–Kier alpha value is -3.07. The Kier molecular flexibility index (Phi) is 3.35. The largest absolute Gasteiger partial charge is 0.497 e. The first-order chi connectivity index (χ1) is 11.7. The van der Waals surface area contributed by atoms with E-state index in [0.29, 0.717) is 11.5 Å². The number of methoxy groups -OCH3 is 1. The number of fused-ring (bicyclic) bond motifs is 1. The molecule has 0 saturated carbocycles. The third-order valence-corrected chi connectivity index (χ3v) is 4.40. The molecular formula is C18H17N5O. The van der Waals surface area contributed by atoms with Gasteiger partial charge in [0.1, 0.15) is 24.0 Å². The van der Waals surface area contributed by atoms with Crippen LogP contribution in [-0.2, 0) is 0 Å². The molecule has 2 aromatic heterocycles. The summed E-state index contributed by atoms with van der Waals surface area (Å²) in [7, 11) is 1.65. The minimum Gasteiger partial charge on any atom is -0.497 e. The normalized spacial score (nSPS) is 13.6. The molecule has 3 heterocycles. The topological polar surface area (TPSA) is 67.0 Å². The predicted octanol–water partition coefficient (Wildman–Crippen LogP) is 2.82. The number of benzene rings is 1. The zero-order chi connectivity index (χ0) is 16.7. The van der Waals surface area contributed by atoms with Crippen molar-refractivity contribution in [3.05, 3.63) is 42.1 Å². The Balaban J connectivity index is 2.06. The molecule has 1 aliphatic rings. The molecule has 1 saturated heterocycles. The number of nitriles is 1. The molecule has 6 nitrogen and oxygen atoms in total. The van der Waals surface area contributed by atoms with Gasteiger partial charge in [0, 0.05) is 30.1 Å². The van der Waals surface area contributed by atoms with Gasteiger partial charge in [0.15, 0.2) is 5.69 Å². The van der Waals surface area contributed by atoms with E-state index in [9.17, 15) is 5.26 Å². The molecule has 24 heavy (non-hydrogen) atoms. The molecular weight excluding hydrogens is 302 g/mol. The number of rotatable bonds is 3. The summed E-state index contributed by atoms with van der Waals surface area (Å²) in [4.78, 5) is 11.1. The summed E-state index contributed by atoms with van der Waals surface area (Å²) < 4.78 is 7.26. The van der Waals surface area contributed by atoms with Crippen molar-refractivity contribution < 1.29 is 4.74 Å². The summed E-state index contributed by atoms with van der Waals surface area (Å²) >= 11 is 0. The summed E-state index contributed by atoms with van der Waals surface area (Å²) in [5.41, 5.74) is 2.25. The Bertz CT molecular complexity index is 965. The monoisotopic (exact) mass is 319 g/mol. The van der Waals surface area contributed by atoms with Crippen LogP contribution in [0.1, 0.15) is 17.8 Å². The summed E-state index contributed by atoms with van der Waals surface area (Å²) in [5, 5.41) is 11.6. The van der Waals surface area contributed by atoms with Crippen molar-refractivity contribution in [2.75, 3.05) is 25.1 Å². The highest BCUT2D eigenvalue weighted by molar-refractivity contribution is 6.01. The molecule has 0 amide bonds. The second-order valence-corrected chi connectivity index (χ2v) is 5.92. The van der Waals surface area contributed by atoms with Crippen LogP contribution in [0.4, 0.5) is 5.69 Å². The molecule has 0 spiro atoms. The Morgan fingerprint density at radius 2 is 2.08 bits per heavy atom. The number of hydrogen-bond donors (Lipinski definition) is 0. The lowest BCUT2D eigenvalue weighted by molar-refractivity contribution is 0.415. The second-order valence-electron chi connectivity index (χ2n) is 5.92. The van der Waals surface area contributed by atoms with Crippen molar-refractivity contribution in [2.24, 2.45) is 0 Å². The minimum atomic E-state index is 0.441. The highest BCUT2D eigenvalue weighted by Crippen LogP contribution is 2.37. The van der Waals surface area contributed by atoms with E-state index in [1.54, 1.807) is 13.4 Å². The van der Waals surface area contributed by atoms with Crippen LogP contribution in [0.5, 0.6) is 5.75 Å². The number of anilines is 1. The van der Waals surface area contributed by atoms with Crippen LogP contribution in [-0.4, -0.2) is 34.7 Å². The molecule has 1 aliphatic heterocycles. The third-order valence-electron chi connectivity index (χ3n) is 4.40. The summed E-state index contributed by atoms with van der Waals surface area (Å²) in [5.74, 6) is 1.49.